The molecule has 0 aromatic rings. The molecule has 0 amide bonds. The molecule has 8 heteroatoms. The summed E-state index contributed by atoms with van der Waals surface area (Å²) in [5, 5.41) is 0. The van der Waals surface area contributed by atoms with Gasteiger partial charge in [0.15, 0.2) is 12.1 Å². The van der Waals surface area contributed by atoms with Crippen LogP contribution in [0.25, 0.3) is 0 Å². The van der Waals surface area contributed by atoms with E-state index in [1.54, 1.807) is 0 Å². The van der Waals surface area contributed by atoms with Gasteiger partial charge in [-0.25, -0.2) is 9.59 Å². The lowest BCUT2D eigenvalue weighted by Crippen LogP contribution is -2.08. The molecule has 0 rings (SSSR count). The molecule has 0 radical (unpaired) electrons. The fourth-order valence-electron chi connectivity index (χ4n) is 1.04. The van der Waals surface area contributed by atoms with Crippen molar-refractivity contribution in [2.45, 2.75) is 25.7 Å². The number of carbonyl (C=O) groups excluding carboxylic acids is 2. The van der Waals surface area contributed by atoms with Crippen molar-refractivity contribution in [2.24, 2.45) is 0 Å². The standard InChI is InChI=1S/C10H16Cl2O6/c11-7-17-9(13)15-5-3-1-2-4-6-16-10(14)18-8-12/h1-8H2. The molecule has 0 aliphatic carbocycles. The van der Waals surface area contributed by atoms with E-state index in [1.165, 1.54) is 0 Å². The molecule has 0 spiro atoms. The van der Waals surface area contributed by atoms with E-state index in [0.717, 1.165) is 12.8 Å². The maximum atomic E-state index is 10.7. The van der Waals surface area contributed by atoms with Gasteiger partial charge < -0.3 is 18.9 Å². The van der Waals surface area contributed by atoms with Gasteiger partial charge in [-0.3, -0.25) is 0 Å². The third-order valence-electron chi connectivity index (χ3n) is 1.82. The van der Waals surface area contributed by atoms with Crippen molar-refractivity contribution >= 4 is 35.5 Å². The second kappa shape index (κ2) is 12.6. The monoisotopic (exact) mass is 302 g/mol. The topological polar surface area (TPSA) is 71.1 Å². The van der Waals surface area contributed by atoms with E-state index < -0.39 is 12.3 Å². The van der Waals surface area contributed by atoms with Gasteiger partial charge in [0.25, 0.3) is 0 Å². The Balaban J connectivity index is 3.16. The molecule has 106 valence electrons. The minimum Gasteiger partial charge on any atom is -0.434 e. The molecule has 0 aromatic carbocycles. The molecule has 0 heterocycles. The Morgan fingerprint density at radius 2 is 1.06 bits per heavy atom. The Hall–Kier alpha value is -0.880. The van der Waals surface area contributed by atoms with Gasteiger partial charge in [0.2, 0.25) is 0 Å². The largest absolute Gasteiger partial charge is 0.509 e. The maximum Gasteiger partial charge on any atom is 0.509 e. The average molecular weight is 303 g/mol. The quantitative estimate of drug-likeness (QED) is 0.370. The van der Waals surface area contributed by atoms with Crippen LogP contribution < -0.4 is 0 Å². The van der Waals surface area contributed by atoms with Crippen LogP contribution in [0.15, 0.2) is 0 Å². The first-order valence-corrected chi connectivity index (χ1v) is 6.48. The van der Waals surface area contributed by atoms with Crippen LogP contribution >= 0.6 is 23.2 Å². The van der Waals surface area contributed by atoms with E-state index in [-0.39, 0.29) is 25.3 Å². The molecule has 0 aliphatic rings. The number of ether oxygens (including phenoxy) is 4. The number of rotatable bonds is 9. The van der Waals surface area contributed by atoms with Crippen molar-refractivity contribution in [3.8, 4) is 0 Å². The van der Waals surface area contributed by atoms with Crippen LogP contribution in [0.1, 0.15) is 25.7 Å². The van der Waals surface area contributed by atoms with Gasteiger partial charge in [-0.05, 0) is 25.7 Å². The Bertz CT molecular complexity index is 212. The number of halogens is 2. The summed E-state index contributed by atoms with van der Waals surface area (Å²) < 4.78 is 18.1. The SMILES string of the molecule is O=C(OCCl)OCCCCCCOC(=O)OCCl. The second-order valence-electron chi connectivity index (χ2n) is 3.12. The lowest BCUT2D eigenvalue weighted by atomic mass is 10.2. The van der Waals surface area contributed by atoms with E-state index in [4.69, 9.17) is 32.7 Å². The first kappa shape index (κ1) is 17.1. The smallest absolute Gasteiger partial charge is 0.434 e. The normalized spacial score (nSPS) is 9.67. The van der Waals surface area contributed by atoms with Crippen molar-refractivity contribution in [3.05, 3.63) is 0 Å². The Kier molecular flexibility index (Phi) is 12.0. The van der Waals surface area contributed by atoms with E-state index in [0.29, 0.717) is 12.8 Å². The summed E-state index contributed by atoms with van der Waals surface area (Å²) in [5.74, 6) is 0. The summed E-state index contributed by atoms with van der Waals surface area (Å²) in [6, 6.07) is -0.427. The zero-order chi connectivity index (χ0) is 13.6. The number of unbranched alkanes of at least 4 members (excludes halogenated alkanes) is 3. The minimum absolute atomic E-state index is 0.214. The van der Waals surface area contributed by atoms with Gasteiger partial charge in [-0.1, -0.05) is 23.2 Å². The molecule has 6 nitrogen and oxygen atoms in total. The van der Waals surface area contributed by atoms with E-state index in [1.807, 2.05) is 0 Å². The highest BCUT2D eigenvalue weighted by Gasteiger charge is 2.03. The number of alkyl halides is 2. The fraction of sp³-hybridized carbons (Fsp3) is 0.800. The third kappa shape index (κ3) is 11.6. The lowest BCUT2D eigenvalue weighted by Gasteiger charge is -2.05. The predicted molar refractivity (Wildman–Crippen MR) is 64.8 cm³/mol. The van der Waals surface area contributed by atoms with Gasteiger partial charge in [0.05, 0.1) is 13.2 Å². The van der Waals surface area contributed by atoms with Crippen molar-refractivity contribution in [2.75, 3.05) is 25.3 Å². The van der Waals surface area contributed by atoms with E-state index in [2.05, 4.69) is 9.47 Å². The van der Waals surface area contributed by atoms with Crippen LogP contribution in [0.2, 0.25) is 0 Å². The van der Waals surface area contributed by atoms with Gasteiger partial charge >= 0.3 is 12.3 Å². The van der Waals surface area contributed by atoms with Crippen molar-refractivity contribution in [1.29, 1.82) is 0 Å². The average Bonchev–Trinajstić information content (AvgIpc) is 2.33. The van der Waals surface area contributed by atoms with E-state index >= 15 is 0 Å². The Morgan fingerprint density at radius 1 is 0.667 bits per heavy atom. The fourth-order valence-corrected chi connectivity index (χ4v) is 1.22. The minimum atomic E-state index is -0.767. The van der Waals surface area contributed by atoms with Gasteiger partial charge in [-0.2, -0.15) is 0 Å². The highest BCUT2D eigenvalue weighted by atomic mass is 35.5. The molecule has 0 fully saturated rings. The summed E-state index contributed by atoms with van der Waals surface area (Å²) >= 11 is 10.3. The molecule has 0 unspecified atom stereocenters. The first-order valence-electron chi connectivity index (χ1n) is 5.41. The van der Waals surface area contributed by atoms with Crippen molar-refractivity contribution < 1.29 is 28.5 Å². The van der Waals surface area contributed by atoms with Crippen LogP contribution in [-0.4, -0.2) is 37.7 Å². The van der Waals surface area contributed by atoms with Crippen molar-refractivity contribution in [3.63, 3.8) is 0 Å². The number of hydrogen-bond acceptors (Lipinski definition) is 6. The summed E-state index contributed by atoms with van der Waals surface area (Å²) in [5.41, 5.74) is 0. The zero-order valence-electron chi connectivity index (χ0n) is 9.86. The zero-order valence-corrected chi connectivity index (χ0v) is 11.4. The Morgan fingerprint density at radius 3 is 1.39 bits per heavy atom. The highest BCUT2D eigenvalue weighted by molar-refractivity contribution is 6.17. The molecule has 0 aromatic heterocycles. The summed E-state index contributed by atoms with van der Waals surface area (Å²) in [7, 11) is 0. The van der Waals surface area contributed by atoms with Crippen LogP contribution in [0.4, 0.5) is 9.59 Å². The molecule has 0 atom stereocenters. The predicted octanol–water partition coefficient (Wildman–Crippen LogP) is 3.25. The first-order chi connectivity index (χ1) is 8.70. The van der Waals surface area contributed by atoms with Crippen molar-refractivity contribution in [1.82, 2.24) is 0 Å². The second-order valence-corrected chi connectivity index (χ2v) is 3.55. The summed E-state index contributed by atoms with van der Waals surface area (Å²) in [4.78, 5) is 21.4. The lowest BCUT2D eigenvalue weighted by molar-refractivity contribution is 0.0626. The maximum absolute atomic E-state index is 10.7. The number of hydrogen-bond donors (Lipinski definition) is 0. The third-order valence-corrected chi connectivity index (χ3v) is 2.04. The molecular weight excluding hydrogens is 287 g/mol. The summed E-state index contributed by atoms with van der Waals surface area (Å²) in [6.07, 6.45) is 1.59. The molecule has 18 heavy (non-hydrogen) atoms. The van der Waals surface area contributed by atoms with Gasteiger partial charge in [0.1, 0.15) is 0 Å². The van der Waals surface area contributed by atoms with Crippen LogP contribution in [0, 0.1) is 0 Å². The molecule has 0 N–H and O–H groups in total. The van der Waals surface area contributed by atoms with Crippen LogP contribution in [0.5, 0.6) is 0 Å². The Labute approximate surface area is 115 Å². The van der Waals surface area contributed by atoms with E-state index in [9.17, 15) is 9.59 Å². The van der Waals surface area contributed by atoms with Crippen LogP contribution in [-0.2, 0) is 18.9 Å². The summed E-state index contributed by atoms with van der Waals surface area (Å²) in [6.45, 7) is 0.565. The molecule has 0 saturated carbocycles. The van der Waals surface area contributed by atoms with Gasteiger partial charge in [-0.15, -0.1) is 0 Å². The highest BCUT2D eigenvalue weighted by Crippen LogP contribution is 2.02. The molecule has 0 saturated heterocycles. The molecule has 0 aliphatic heterocycles. The molecular formula is C10H16Cl2O6. The molecule has 0 bridgehead atoms. The van der Waals surface area contributed by atoms with Gasteiger partial charge in [0, 0.05) is 0 Å². The van der Waals surface area contributed by atoms with Crippen LogP contribution in [0.3, 0.4) is 0 Å². The number of carbonyl (C=O) groups is 2.